The van der Waals surface area contributed by atoms with Crippen LogP contribution in [0.2, 0.25) is 0 Å². The van der Waals surface area contributed by atoms with Gasteiger partial charge in [0, 0.05) is 19.0 Å². The van der Waals surface area contributed by atoms with Gasteiger partial charge in [0.2, 0.25) is 17.7 Å². The predicted octanol–water partition coefficient (Wildman–Crippen LogP) is 3.75. The Bertz CT molecular complexity index is 1480. The van der Waals surface area contributed by atoms with Crippen LogP contribution in [0, 0.1) is 11.8 Å². The minimum absolute atomic E-state index is 0.0511. The average molecular weight is 658 g/mol. The van der Waals surface area contributed by atoms with Crippen molar-refractivity contribution in [1.29, 1.82) is 0 Å². The van der Waals surface area contributed by atoms with Gasteiger partial charge in [-0.3, -0.25) is 19.2 Å². The molecule has 0 aliphatic carbocycles. The van der Waals surface area contributed by atoms with Gasteiger partial charge in [0.15, 0.2) is 0 Å². The lowest BCUT2D eigenvalue weighted by Crippen LogP contribution is -2.60. The normalized spacial score (nSPS) is 25.3. The lowest BCUT2D eigenvalue weighted by atomic mass is 9.70. The summed E-state index contributed by atoms with van der Waals surface area (Å²) in [5.74, 6) is -3.44. The quantitative estimate of drug-likeness (QED) is 0.208. The first-order valence-electron chi connectivity index (χ1n) is 16.9. The molecule has 1 spiro atoms. The summed E-state index contributed by atoms with van der Waals surface area (Å²) in [7, 11) is 0. The topological polar surface area (TPSA) is 125 Å². The summed E-state index contributed by atoms with van der Waals surface area (Å²) in [4.78, 5) is 59.1. The first kappa shape index (κ1) is 35.0. The lowest BCUT2D eigenvalue weighted by Gasteiger charge is -2.40. The minimum atomic E-state index is -1.26. The number of ether oxygens (including phenoxy) is 2. The summed E-state index contributed by atoms with van der Waals surface area (Å²) < 4.78 is 12.8. The molecule has 10 nitrogen and oxygen atoms in total. The number of carbonyl (C=O) groups excluding carboxylic acids is 4. The first-order chi connectivity index (χ1) is 23.2. The van der Waals surface area contributed by atoms with Crippen LogP contribution in [-0.4, -0.2) is 88.1 Å². The molecule has 3 saturated heterocycles. The molecule has 3 aliphatic rings. The first-order valence-corrected chi connectivity index (χ1v) is 16.9. The van der Waals surface area contributed by atoms with Crippen LogP contribution in [0.3, 0.4) is 0 Å². The van der Waals surface area contributed by atoms with Crippen molar-refractivity contribution in [2.45, 2.75) is 81.9 Å². The molecule has 2 N–H and O–H groups in total. The Labute approximate surface area is 282 Å². The molecule has 0 radical (unpaired) electrons. The number of aliphatic hydroxyl groups is 1. The van der Waals surface area contributed by atoms with Gasteiger partial charge < -0.3 is 29.7 Å². The Morgan fingerprint density at radius 3 is 2.42 bits per heavy atom. The van der Waals surface area contributed by atoms with E-state index in [-0.39, 0.29) is 44.0 Å². The Morgan fingerprint density at radius 1 is 1.10 bits per heavy atom. The molecule has 10 heteroatoms. The summed E-state index contributed by atoms with van der Waals surface area (Å²) in [6.07, 6.45) is 3.87. The summed E-state index contributed by atoms with van der Waals surface area (Å²) >= 11 is 0. The van der Waals surface area contributed by atoms with Crippen molar-refractivity contribution >= 4 is 23.7 Å². The predicted molar refractivity (Wildman–Crippen MR) is 180 cm³/mol. The van der Waals surface area contributed by atoms with E-state index in [1.807, 2.05) is 74.5 Å². The molecule has 3 fully saturated rings. The number of benzene rings is 2. The van der Waals surface area contributed by atoms with Crippen LogP contribution in [0.1, 0.15) is 56.8 Å². The molecule has 2 aromatic rings. The smallest absolute Gasteiger partial charge is 0.313 e. The highest BCUT2D eigenvalue weighted by atomic mass is 16.6. The fourth-order valence-electron chi connectivity index (χ4n) is 7.66. The highest BCUT2D eigenvalue weighted by Crippen LogP contribution is 2.59. The number of nitrogens with one attached hydrogen (secondary N) is 1. The Hall–Kier alpha value is -4.28. The number of likely N-dealkylation sites (tertiary alicyclic amines) is 1. The van der Waals surface area contributed by atoms with E-state index in [2.05, 4.69) is 18.5 Å². The Kier molecular flexibility index (Phi) is 11.2. The second-order valence-corrected chi connectivity index (χ2v) is 13.2. The molecule has 5 rings (SSSR count). The lowest BCUT2D eigenvalue weighted by molar-refractivity contribution is -0.161. The molecule has 3 amide bonds. The SMILES string of the molecule is C=CCCC(=O)NC[C@@H](OC(=O)[C@@H]1[C@@H]2CC[C@]3(O2)[C@H](C(=O)N(CC=C)C(C)C)N([C@@H](CO)Cc2ccccc2)C(=O)[C@@H]13)c1ccccc1. The number of allylic oxidation sites excluding steroid dienone is 1. The number of rotatable bonds is 16. The summed E-state index contributed by atoms with van der Waals surface area (Å²) in [5.41, 5.74) is 0.336. The van der Waals surface area contributed by atoms with E-state index in [1.165, 1.54) is 4.90 Å². The maximum Gasteiger partial charge on any atom is 0.313 e. The van der Waals surface area contributed by atoms with Crippen LogP contribution in [0.4, 0.5) is 0 Å². The fourth-order valence-corrected chi connectivity index (χ4v) is 7.66. The summed E-state index contributed by atoms with van der Waals surface area (Å²) in [5, 5.41) is 13.6. The zero-order chi connectivity index (χ0) is 34.4. The van der Waals surface area contributed by atoms with E-state index in [0.29, 0.717) is 31.2 Å². The number of hydrogen-bond donors (Lipinski definition) is 2. The molecule has 2 aromatic carbocycles. The molecule has 3 aliphatic heterocycles. The molecular weight excluding hydrogens is 610 g/mol. The van der Waals surface area contributed by atoms with Crippen molar-refractivity contribution in [2.24, 2.45) is 11.8 Å². The van der Waals surface area contributed by atoms with Crippen molar-refractivity contribution in [3.8, 4) is 0 Å². The number of hydrogen-bond acceptors (Lipinski definition) is 7. The molecule has 0 unspecified atom stereocenters. The van der Waals surface area contributed by atoms with Crippen LogP contribution in [0.5, 0.6) is 0 Å². The Morgan fingerprint density at radius 2 is 1.79 bits per heavy atom. The minimum Gasteiger partial charge on any atom is -0.455 e. The third kappa shape index (κ3) is 6.82. The van der Waals surface area contributed by atoms with Crippen molar-refractivity contribution in [1.82, 2.24) is 15.1 Å². The number of amides is 3. The Balaban J connectivity index is 1.48. The largest absolute Gasteiger partial charge is 0.455 e. The zero-order valence-corrected chi connectivity index (χ0v) is 27.8. The summed E-state index contributed by atoms with van der Waals surface area (Å²) in [6, 6.07) is 16.7. The van der Waals surface area contributed by atoms with E-state index in [1.54, 1.807) is 17.1 Å². The second-order valence-electron chi connectivity index (χ2n) is 13.2. The van der Waals surface area contributed by atoms with Gasteiger partial charge in [-0.15, -0.1) is 13.2 Å². The van der Waals surface area contributed by atoms with E-state index in [9.17, 15) is 24.3 Å². The van der Waals surface area contributed by atoms with Gasteiger partial charge >= 0.3 is 5.97 Å². The number of esters is 1. The van der Waals surface area contributed by atoms with Gasteiger partial charge in [0.05, 0.1) is 37.1 Å². The molecule has 2 bridgehead atoms. The molecular formula is C38H47N3O7. The highest BCUT2D eigenvalue weighted by molar-refractivity contribution is 5.98. The van der Waals surface area contributed by atoms with E-state index in [4.69, 9.17) is 9.47 Å². The third-order valence-electron chi connectivity index (χ3n) is 9.88. The molecule has 256 valence electrons. The van der Waals surface area contributed by atoms with Crippen molar-refractivity contribution in [3.63, 3.8) is 0 Å². The van der Waals surface area contributed by atoms with Gasteiger partial charge in [-0.2, -0.15) is 0 Å². The molecule has 0 aromatic heterocycles. The third-order valence-corrected chi connectivity index (χ3v) is 9.88. The van der Waals surface area contributed by atoms with Gasteiger partial charge in [-0.05, 0) is 50.7 Å². The van der Waals surface area contributed by atoms with E-state index < -0.39 is 53.6 Å². The van der Waals surface area contributed by atoms with Gasteiger partial charge in [-0.1, -0.05) is 72.8 Å². The van der Waals surface area contributed by atoms with Gasteiger partial charge in [0.25, 0.3) is 0 Å². The van der Waals surface area contributed by atoms with Crippen LogP contribution in [-0.2, 0) is 35.1 Å². The number of aliphatic hydroxyl groups excluding tert-OH is 1. The van der Waals surface area contributed by atoms with Crippen LogP contribution in [0.15, 0.2) is 86.0 Å². The highest BCUT2D eigenvalue weighted by Gasteiger charge is 2.75. The van der Waals surface area contributed by atoms with E-state index in [0.717, 1.165) is 5.56 Å². The average Bonchev–Trinajstić information content (AvgIpc) is 3.74. The summed E-state index contributed by atoms with van der Waals surface area (Å²) in [6.45, 7) is 11.2. The monoisotopic (exact) mass is 657 g/mol. The standard InChI is InChI=1S/C38H47N3O7/c1-5-7-18-31(43)39-23-30(27-16-12-9-13-17-27)47-37(46)32-29-19-20-38(48-29)33(32)35(44)41(28(24-42)22-26-14-10-8-11-15-26)34(38)36(45)40(21-6-2)25(3)4/h5-6,8-17,25,28-30,32-34,42H,1-2,7,18-24H2,3-4H3,(H,39,43)/t28-,29+,30-,32-,33-,34+,38-/m1/s1. The zero-order valence-electron chi connectivity index (χ0n) is 27.8. The van der Waals surface area contributed by atoms with Crippen LogP contribution >= 0.6 is 0 Å². The van der Waals surface area contributed by atoms with Crippen molar-refractivity contribution < 1.29 is 33.8 Å². The molecule has 0 saturated carbocycles. The van der Waals surface area contributed by atoms with Crippen LogP contribution < -0.4 is 5.32 Å². The van der Waals surface area contributed by atoms with Gasteiger partial charge in [-0.25, -0.2) is 0 Å². The van der Waals surface area contributed by atoms with E-state index >= 15 is 0 Å². The molecule has 7 atom stereocenters. The fraction of sp³-hybridized carbons (Fsp3) is 0.474. The maximum atomic E-state index is 14.7. The number of nitrogens with zero attached hydrogens (tertiary/aromatic N) is 2. The van der Waals surface area contributed by atoms with Crippen LogP contribution in [0.25, 0.3) is 0 Å². The van der Waals surface area contributed by atoms with Crippen molar-refractivity contribution in [3.05, 3.63) is 97.1 Å². The van der Waals surface area contributed by atoms with Crippen molar-refractivity contribution in [2.75, 3.05) is 19.7 Å². The number of fused-ring (bicyclic) bond motifs is 1. The van der Waals surface area contributed by atoms with Gasteiger partial charge in [0.1, 0.15) is 17.7 Å². The molecule has 3 heterocycles. The molecule has 48 heavy (non-hydrogen) atoms. The number of carbonyl (C=O) groups is 4. The maximum absolute atomic E-state index is 14.7. The second kappa shape index (κ2) is 15.3.